The van der Waals surface area contributed by atoms with Gasteiger partial charge in [0.05, 0.1) is 5.57 Å². The molecule has 5 nitrogen and oxygen atoms in total. The van der Waals surface area contributed by atoms with Gasteiger partial charge in [0.25, 0.3) is 5.91 Å². The SMILES string of the molecule is C=Cc1cccnc1/C(O)=C(\C)C(=O)NCc1cccnc1. The Morgan fingerprint density at radius 2 is 2.14 bits per heavy atom. The smallest absolute Gasteiger partial charge is 0.250 e. The summed E-state index contributed by atoms with van der Waals surface area (Å²) in [5, 5.41) is 13.0. The molecule has 22 heavy (non-hydrogen) atoms. The number of carbonyl (C=O) groups excluding carboxylic acids is 1. The average Bonchev–Trinajstić information content (AvgIpc) is 2.59. The number of hydrogen-bond acceptors (Lipinski definition) is 4. The zero-order valence-electron chi connectivity index (χ0n) is 12.3. The van der Waals surface area contributed by atoms with E-state index in [9.17, 15) is 9.90 Å². The van der Waals surface area contributed by atoms with Gasteiger partial charge in [-0.25, -0.2) is 0 Å². The summed E-state index contributed by atoms with van der Waals surface area (Å²) in [6, 6.07) is 7.17. The van der Waals surface area contributed by atoms with Crippen LogP contribution in [0.3, 0.4) is 0 Å². The maximum Gasteiger partial charge on any atom is 0.250 e. The monoisotopic (exact) mass is 295 g/mol. The van der Waals surface area contributed by atoms with Gasteiger partial charge in [0.15, 0.2) is 0 Å². The second-order valence-electron chi connectivity index (χ2n) is 4.66. The number of hydrogen-bond donors (Lipinski definition) is 2. The van der Waals surface area contributed by atoms with Crippen molar-refractivity contribution in [1.82, 2.24) is 15.3 Å². The number of aromatic nitrogens is 2. The predicted molar refractivity (Wildman–Crippen MR) is 85.6 cm³/mol. The summed E-state index contributed by atoms with van der Waals surface area (Å²) in [4.78, 5) is 20.2. The molecule has 0 spiro atoms. The van der Waals surface area contributed by atoms with E-state index in [0.717, 1.165) is 5.56 Å². The summed E-state index contributed by atoms with van der Waals surface area (Å²) in [5.74, 6) is -0.513. The van der Waals surface area contributed by atoms with Gasteiger partial charge in [0.2, 0.25) is 0 Å². The number of aliphatic hydroxyl groups is 1. The molecular weight excluding hydrogens is 278 g/mol. The highest BCUT2D eigenvalue weighted by Crippen LogP contribution is 2.18. The second-order valence-corrected chi connectivity index (χ2v) is 4.66. The van der Waals surface area contributed by atoms with Crippen LogP contribution in [0.5, 0.6) is 0 Å². The van der Waals surface area contributed by atoms with Crippen molar-refractivity contribution in [2.24, 2.45) is 0 Å². The molecule has 0 saturated heterocycles. The molecule has 5 heteroatoms. The zero-order valence-corrected chi connectivity index (χ0v) is 12.3. The minimum atomic E-state index is -0.359. The Morgan fingerprint density at radius 3 is 2.82 bits per heavy atom. The minimum absolute atomic E-state index is 0.154. The molecule has 112 valence electrons. The summed E-state index contributed by atoms with van der Waals surface area (Å²) in [5.41, 5.74) is 2.09. The maximum atomic E-state index is 12.1. The highest BCUT2D eigenvalue weighted by atomic mass is 16.3. The van der Waals surface area contributed by atoms with E-state index in [0.29, 0.717) is 17.8 Å². The van der Waals surface area contributed by atoms with Gasteiger partial charge in [-0.15, -0.1) is 0 Å². The Balaban J connectivity index is 2.16. The molecule has 0 aromatic carbocycles. The first-order valence-corrected chi connectivity index (χ1v) is 6.78. The number of carbonyl (C=O) groups is 1. The van der Waals surface area contributed by atoms with Crippen LogP contribution in [0.25, 0.3) is 11.8 Å². The lowest BCUT2D eigenvalue weighted by molar-refractivity contribution is -0.117. The van der Waals surface area contributed by atoms with Crippen LogP contribution >= 0.6 is 0 Å². The summed E-state index contributed by atoms with van der Waals surface area (Å²) in [7, 11) is 0. The Hall–Kier alpha value is -2.95. The molecule has 1 amide bonds. The number of nitrogens with zero attached hydrogens (tertiary/aromatic N) is 2. The Labute approximate surface area is 129 Å². The quantitative estimate of drug-likeness (QED) is 0.657. The molecule has 0 fully saturated rings. The van der Waals surface area contributed by atoms with Crippen molar-refractivity contribution in [2.75, 3.05) is 0 Å². The molecule has 2 rings (SSSR count). The molecule has 0 atom stereocenters. The van der Waals surface area contributed by atoms with Crippen LogP contribution in [0, 0.1) is 0 Å². The molecule has 0 aliphatic carbocycles. The fourth-order valence-electron chi connectivity index (χ4n) is 1.88. The molecule has 0 aliphatic rings. The molecule has 0 radical (unpaired) electrons. The zero-order chi connectivity index (χ0) is 15.9. The molecule has 2 N–H and O–H groups in total. The van der Waals surface area contributed by atoms with Crippen molar-refractivity contribution in [3.63, 3.8) is 0 Å². The van der Waals surface area contributed by atoms with Gasteiger partial charge < -0.3 is 10.4 Å². The molecule has 0 saturated carbocycles. The van der Waals surface area contributed by atoms with Crippen LogP contribution in [0.1, 0.15) is 23.7 Å². The second kappa shape index (κ2) is 7.17. The maximum absolute atomic E-state index is 12.1. The van der Waals surface area contributed by atoms with E-state index in [-0.39, 0.29) is 17.2 Å². The van der Waals surface area contributed by atoms with Crippen molar-refractivity contribution in [2.45, 2.75) is 13.5 Å². The standard InChI is InChI=1S/C17H17N3O2/c1-3-14-7-5-9-19-15(14)16(21)12(2)17(22)20-11-13-6-4-8-18-10-13/h3-10,21H,1,11H2,2H3,(H,20,22)/b16-12-. The van der Waals surface area contributed by atoms with Crippen molar-refractivity contribution in [3.8, 4) is 0 Å². The molecular formula is C17H17N3O2. The van der Waals surface area contributed by atoms with Crippen LogP contribution in [-0.4, -0.2) is 21.0 Å². The third kappa shape index (κ3) is 3.58. The number of rotatable bonds is 5. The van der Waals surface area contributed by atoms with E-state index in [1.807, 2.05) is 6.07 Å². The Kier molecular flexibility index (Phi) is 5.03. The van der Waals surface area contributed by atoms with Crippen LogP contribution in [0.2, 0.25) is 0 Å². The molecule has 2 heterocycles. The highest BCUT2D eigenvalue weighted by Gasteiger charge is 2.14. The first kappa shape index (κ1) is 15.4. The molecule has 2 aromatic rings. The lowest BCUT2D eigenvalue weighted by Gasteiger charge is -2.09. The average molecular weight is 295 g/mol. The molecule has 0 unspecified atom stereocenters. The fraction of sp³-hybridized carbons (Fsp3) is 0.118. The van der Waals surface area contributed by atoms with Gasteiger partial charge in [-0.05, 0) is 24.6 Å². The van der Waals surface area contributed by atoms with Crippen molar-refractivity contribution in [1.29, 1.82) is 0 Å². The predicted octanol–water partition coefficient (Wildman–Crippen LogP) is 2.73. The van der Waals surface area contributed by atoms with Crippen molar-refractivity contribution in [3.05, 3.63) is 71.8 Å². The number of pyridine rings is 2. The van der Waals surface area contributed by atoms with E-state index in [1.54, 1.807) is 49.8 Å². The normalized spacial score (nSPS) is 11.5. The van der Waals surface area contributed by atoms with Crippen LogP contribution < -0.4 is 5.32 Å². The van der Waals surface area contributed by atoms with E-state index >= 15 is 0 Å². The van der Waals surface area contributed by atoms with E-state index in [4.69, 9.17) is 0 Å². The fourth-order valence-corrected chi connectivity index (χ4v) is 1.88. The van der Waals surface area contributed by atoms with Crippen LogP contribution in [-0.2, 0) is 11.3 Å². The van der Waals surface area contributed by atoms with Gasteiger partial charge in [-0.2, -0.15) is 0 Å². The van der Waals surface area contributed by atoms with E-state index < -0.39 is 0 Å². The molecule has 0 bridgehead atoms. The Bertz CT molecular complexity index is 709. The number of amides is 1. The summed E-state index contributed by atoms with van der Waals surface area (Å²) >= 11 is 0. The summed E-state index contributed by atoms with van der Waals surface area (Å²) in [6.07, 6.45) is 6.48. The van der Waals surface area contributed by atoms with E-state index in [1.165, 1.54) is 0 Å². The topological polar surface area (TPSA) is 75.1 Å². The largest absolute Gasteiger partial charge is 0.505 e. The summed E-state index contributed by atoms with van der Waals surface area (Å²) < 4.78 is 0. The van der Waals surface area contributed by atoms with Crippen molar-refractivity contribution < 1.29 is 9.90 Å². The lowest BCUT2D eigenvalue weighted by Crippen LogP contribution is -2.24. The van der Waals surface area contributed by atoms with Gasteiger partial charge in [0, 0.05) is 30.7 Å². The lowest BCUT2D eigenvalue weighted by atomic mass is 10.1. The van der Waals surface area contributed by atoms with Crippen LogP contribution in [0.15, 0.2) is 55.0 Å². The first-order valence-electron chi connectivity index (χ1n) is 6.78. The first-order chi connectivity index (χ1) is 10.6. The number of nitrogens with one attached hydrogen (secondary N) is 1. The Morgan fingerprint density at radius 1 is 1.36 bits per heavy atom. The van der Waals surface area contributed by atoms with Crippen molar-refractivity contribution >= 4 is 17.7 Å². The van der Waals surface area contributed by atoms with Crippen LogP contribution in [0.4, 0.5) is 0 Å². The minimum Gasteiger partial charge on any atom is -0.505 e. The summed E-state index contributed by atoms with van der Waals surface area (Å²) in [6.45, 7) is 5.57. The third-order valence-electron chi connectivity index (χ3n) is 3.15. The number of aliphatic hydroxyl groups excluding tert-OH is 1. The van der Waals surface area contributed by atoms with Gasteiger partial charge in [-0.3, -0.25) is 14.8 Å². The van der Waals surface area contributed by atoms with E-state index in [2.05, 4.69) is 21.9 Å². The highest BCUT2D eigenvalue weighted by molar-refractivity contribution is 5.99. The molecule has 0 aliphatic heterocycles. The van der Waals surface area contributed by atoms with Gasteiger partial charge in [0.1, 0.15) is 11.5 Å². The van der Waals surface area contributed by atoms with Gasteiger partial charge >= 0.3 is 0 Å². The molecule has 2 aromatic heterocycles. The third-order valence-corrected chi connectivity index (χ3v) is 3.15. The van der Waals surface area contributed by atoms with Gasteiger partial charge in [-0.1, -0.05) is 24.8 Å².